The number of nitrogens with zero attached hydrogens (tertiary/aromatic N) is 1. The van der Waals surface area contributed by atoms with Gasteiger partial charge in [0.15, 0.2) is 0 Å². The number of rotatable bonds is 10. The van der Waals surface area contributed by atoms with E-state index in [0.717, 1.165) is 12.8 Å². The lowest BCUT2D eigenvalue weighted by molar-refractivity contribution is 0.0686. The molecule has 0 aromatic carbocycles. The van der Waals surface area contributed by atoms with Gasteiger partial charge in [-0.2, -0.15) is 0 Å². The molecular weight excluding hydrogens is 258 g/mol. The molecule has 0 fully saturated rings. The van der Waals surface area contributed by atoms with E-state index in [4.69, 9.17) is 9.47 Å². The Morgan fingerprint density at radius 2 is 2.10 bits per heavy atom. The molecule has 1 rings (SSSR count). The number of carbonyl (C=O) groups excluding carboxylic acids is 1. The summed E-state index contributed by atoms with van der Waals surface area (Å²) in [4.78, 5) is 16.0. The molecule has 0 aliphatic heterocycles. The SMILES string of the molecule is CNc1cccc(C(=O)NCCCCOCCOC)n1. The first kappa shape index (κ1) is 16.4. The minimum atomic E-state index is -0.151. The predicted molar refractivity (Wildman–Crippen MR) is 78.0 cm³/mol. The lowest BCUT2D eigenvalue weighted by atomic mass is 10.3. The Bertz CT molecular complexity index is 399. The van der Waals surface area contributed by atoms with E-state index in [1.807, 2.05) is 6.07 Å². The average molecular weight is 281 g/mol. The van der Waals surface area contributed by atoms with Crippen molar-refractivity contribution in [2.75, 3.05) is 45.8 Å². The van der Waals surface area contributed by atoms with Crippen LogP contribution in [0.5, 0.6) is 0 Å². The number of pyridine rings is 1. The Hall–Kier alpha value is -1.66. The maximum absolute atomic E-state index is 11.8. The van der Waals surface area contributed by atoms with Crippen molar-refractivity contribution in [3.8, 4) is 0 Å². The third-order valence-corrected chi connectivity index (χ3v) is 2.67. The smallest absolute Gasteiger partial charge is 0.269 e. The fourth-order valence-corrected chi connectivity index (χ4v) is 1.57. The average Bonchev–Trinajstić information content (AvgIpc) is 2.49. The van der Waals surface area contributed by atoms with Crippen molar-refractivity contribution in [2.45, 2.75) is 12.8 Å². The minimum absolute atomic E-state index is 0.151. The topological polar surface area (TPSA) is 72.5 Å². The molecule has 2 N–H and O–H groups in total. The summed E-state index contributed by atoms with van der Waals surface area (Å²) in [5.41, 5.74) is 0.424. The van der Waals surface area contributed by atoms with E-state index in [2.05, 4.69) is 15.6 Å². The van der Waals surface area contributed by atoms with Crippen LogP contribution in [0.3, 0.4) is 0 Å². The number of nitrogens with one attached hydrogen (secondary N) is 2. The molecule has 1 aromatic rings. The van der Waals surface area contributed by atoms with Gasteiger partial charge in [0.2, 0.25) is 0 Å². The fourth-order valence-electron chi connectivity index (χ4n) is 1.57. The molecular formula is C14H23N3O3. The van der Waals surface area contributed by atoms with Gasteiger partial charge in [-0.1, -0.05) is 6.07 Å². The van der Waals surface area contributed by atoms with Crippen LogP contribution in [0.1, 0.15) is 23.3 Å². The van der Waals surface area contributed by atoms with Gasteiger partial charge in [0.1, 0.15) is 11.5 Å². The summed E-state index contributed by atoms with van der Waals surface area (Å²) in [5, 5.41) is 5.75. The van der Waals surface area contributed by atoms with E-state index in [-0.39, 0.29) is 5.91 Å². The molecule has 0 saturated heterocycles. The summed E-state index contributed by atoms with van der Waals surface area (Å²) < 4.78 is 10.2. The lowest BCUT2D eigenvalue weighted by Crippen LogP contribution is -2.25. The number of aromatic nitrogens is 1. The summed E-state index contributed by atoms with van der Waals surface area (Å²) in [6.07, 6.45) is 1.79. The quantitative estimate of drug-likeness (QED) is 0.632. The molecule has 1 aromatic heterocycles. The summed E-state index contributed by atoms with van der Waals surface area (Å²) >= 11 is 0. The maximum Gasteiger partial charge on any atom is 0.269 e. The van der Waals surface area contributed by atoms with Crippen LogP contribution in [0.15, 0.2) is 18.2 Å². The third kappa shape index (κ3) is 6.49. The highest BCUT2D eigenvalue weighted by atomic mass is 16.5. The summed E-state index contributed by atoms with van der Waals surface area (Å²) in [5.74, 6) is 0.534. The molecule has 112 valence electrons. The number of hydrogen-bond acceptors (Lipinski definition) is 5. The monoisotopic (exact) mass is 281 g/mol. The number of carbonyl (C=O) groups is 1. The number of ether oxygens (including phenoxy) is 2. The molecule has 0 saturated carbocycles. The van der Waals surface area contributed by atoms with Crippen LogP contribution in [0, 0.1) is 0 Å². The van der Waals surface area contributed by atoms with Gasteiger partial charge in [-0.05, 0) is 25.0 Å². The first-order valence-electron chi connectivity index (χ1n) is 6.77. The molecule has 6 nitrogen and oxygen atoms in total. The van der Waals surface area contributed by atoms with Gasteiger partial charge in [0.25, 0.3) is 5.91 Å². The molecule has 0 spiro atoms. The van der Waals surface area contributed by atoms with Gasteiger partial charge in [0.05, 0.1) is 13.2 Å². The summed E-state index contributed by atoms with van der Waals surface area (Å²) in [6.45, 7) is 2.54. The highest BCUT2D eigenvalue weighted by Gasteiger charge is 2.06. The largest absolute Gasteiger partial charge is 0.382 e. The molecule has 0 aliphatic carbocycles. The van der Waals surface area contributed by atoms with E-state index in [1.54, 1.807) is 26.3 Å². The number of methoxy groups -OCH3 is 1. The Labute approximate surface area is 119 Å². The zero-order valence-electron chi connectivity index (χ0n) is 12.1. The number of amides is 1. The first-order valence-corrected chi connectivity index (χ1v) is 6.77. The normalized spacial score (nSPS) is 10.3. The lowest BCUT2D eigenvalue weighted by Gasteiger charge is -2.06. The Morgan fingerprint density at radius 1 is 1.25 bits per heavy atom. The van der Waals surface area contributed by atoms with Crippen molar-refractivity contribution in [1.82, 2.24) is 10.3 Å². The van der Waals surface area contributed by atoms with Gasteiger partial charge in [-0.3, -0.25) is 4.79 Å². The fraction of sp³-hybridized carbons (Fsp3) is 0.571. The van der Waals surface area contributed by atoms with Crippen molar-refractivity contribution >= 4 is 11.7 Å². The van der Waals surface area contributed by atoms with Gasteiger partial charge >= 0.3 is 0 Å². The highest BCUT2D eigenvalue weighted by molar-refractivity contribution is 5.92. The van der Waals surface area contributed by atoms with Crippen molar-refractivity contribution in [3.63, 3.8) is 0 Å². The second kappa shape index (κ2) is 10.2. The number of hydrogen-bond donors (Lipinski definition) is 2. The summed E-state index contributed by atoms with van der Waals surface area (Å²) in [7, 11) is 3.42. The molecule has 0 radical (unpaired) electrons. The third-order valence-electron chi connectivity index (χ3n) is 2.67. The van der Waals surface area contributed by atoms with E-state index in [1.165, 1.54) is 0 Å². The van der Waals surface area contributed by atoms with Crippen molar-refractivity contribution < 1.29 is 14.3 Å². The molecule has 0 bridgehead atoms. The van der Waals surface area contributed by atoms with Crippen LogP contribution in [-0.4, -0.2) is 51.4 Å². The molecule has 1 amide bonds. The first-order chi connectivity index (χ1) is 9.77. The molecule has 0 aliphatic rings. The zero-order chi connectivity index (χ0) is 14.6. The van der Waals surface area contributed by atoms with Crippen LogP contribution in [0.2, 0.25) is 0 Å². The van der Waals surface area contributed by atoms with E-state index >= 15 is 0 Å². The van der Waals surface area contributed by atoms with Crippen LogP contribution >= 0.6 is 0 Å². The molecule has 20 heavy (non-hydrogen) atoms. The van der Waals surface area contributed by atoms with Gasteiger partial charge in [-0.25, -0.2) is 4.98 Å². The van der Waals surface area contributed by atoms with E-state index in [0.29, 0.717) is 37.9 Å². The molecule has 1 heterocycles. The minimum Gasteiger partial charge on any atom is -0.382 e. The molecule has 0 atom stereocenters. The highest BCUT2D eigenvalue weighted by Crippen LogP contribution is 2.03. The predicted octanol–water partition coefficient (Wildman–Crippen LogP) is 1.30. The summed E-state index contributed by atoms with van der Waals surface area (Å²) in [6, 6.07) is 5.32. The second-order valence-electron chi connectivity index (χ2n) is 4.23. The molecule has 6 heteroatoms. The Balaban J connectivity index is 2.13. The number of anilines is 1. The van der Waals surface area contributed by atoms with Crippen molar-refractivity contribution in [1.29, 1.82) is 0 Å². The molecule has 0 unspecified atom stereocenters. The van der Waals surface area contributed by atoms with Crippen molar-refractivity contribution in [2.24, 2.45) is 0 Å². The Kier molecular flexibility index (Phi) is 8.33. The van der Waals surface area contributed by atoms with Gasteiger partial charge in [0, 0.05) is 27.3 Å². The van der Waals surface area contributed by atoms with E-state index < -0.39 is 0 Å². The van der Waals surface area contributed by atoms with Crippen LogP contribution in [0.4, 0.5) is 5.82 Å². The Morgan fingerprint density at radius 3 is 2.85 bits per heavy atom. The van der Waals surface area contributed by atoms with Crippen LogP contribution in [0.25, 0.3) is 0 Å². The standard InChI is InChI=1S/C14H23N3O3/c1-15-13-7-5-6-12(17-13)14(18)16-8-3-4-9-20-11-10-19-2/h5-7H,3-4,8-11H2,1-2H3,(H,15,17)(H,16,18). The zero-order valence-corrected chi connectivity index (χ0v) is 12.1. The van der Waals surface area contributed by atoms with Crippen molar-refractivity contribution in [3.05, 3.63) is 23.9 Å². The number of unbranched alkanes of at least 4 members (excludes halogenated alkanes) is 1. The second-order valence-corrected chi connectivity index (χ2v) is 4.23. The van der Waals surface area contributed by atoms with Gasteiger partial charge in [-0.15, -0.1) is 0 Å². The maximum atomic E-state index is 11.8. The van der Waals surface area contributed by atoms with Crippen LogP contribution in [-0.2, 0) is 9.47 Å². The van der Waals surface area contributed by atoms with Crippen LogP contribution < -0.4 is 10.6 Å². The van der Waals surface area contributed by atoms with E-state index in [9.17, 15) is 4.79 Å². The van der Waals surface area contributed by atoms with Gasteiger partial charge < -0.3 is 20.1 Å².